The summed E-state index contributed by atoms with van der Waals surface area (Å²) in [6, 6.07) is 3.85. The van der Waals surface area contributed by atoms with Gasteiger partial charge in [0, 0.05) is 19.0 Å². The number of benzene rings is 1. The van der Waals surface area contributed by atoms with Gasteiger partial charge >= 0.3 is 6.09 Å². The first-order valence-electron chi connectivity index (χ1n) is 7.81. The largest absolute Gasteiger partial charge is 0.490 e. The number of halogens is 2. The number of likely N-dealkylation sites (tertiary alicyclic amines) is 1. The number of ether oxygens (including phenoxy) is 2. The molecule has 1 heterocycles. The topological polar surface area (TPSA) is 38.8 Å². The number of nitrogens with zero attached hydrogens (tertiary/aromatic N) is 1. The lowest BCUT2D eigenvalue weighted by molar-refractivity contribution is 0.0138. The van der Waals surface area contributed by atoms with Crippen molar-refractivity contribution in [2.75, 3.05) is 19.7 Å². The summed E-state index contributed by atoms with van der Waals surface area (Å²) < 4.78 is 37.5. The number of carbonyl (C=O) groups is 1. The Kier molecular flexibility index (Phi) is 5.44. The third-order valence-corrected chi connectivity index (χ3v) is 3.56. The van der Waals surface area contributed by atoms with Crippen LogP contribution in [-0.4, -0.2) is 36.3 Å². The zero-order valence-electron chi connectivity index (χ0n) is 13.8. The Morgan fingerprint density at radius 2 is 2.09 bits per heavy atom. The maximum Gasteiger partial charge on any atom is 0.410 e. The van der Waals surface area contributed by atoms with Crippen LogP contribution >= 0.6 is 0 Å². The average molecular weight is 327 g/mol. The Morgan fingerprint density at radius 3 is 2.78 bits per heavy atom. The summed E-state index contributed by atoms with van der Waals surface area (Å²) in [5.41, 5.74) is -0.536. The second-order valence-electron chi connectivity index (χ2n) is 6.80. The highest BCUT2D eigenvalue weighted by Gasteiger charge is 2.28. The number of amides is 1. The van der Waals surface area contributed by atoms with Gasteiger partial charge in [-0.1, -0.05) is 6.07 Å². The van der Waals surface area contributed by atoms with Gasteiger partial charge in [-0.3, -0.25) is 0 Å². The van der Waals surface area contributed by atoms with Crippen molar-refractivity contribution in [3.63, 3.8) is 0 Å². The van der Waals surface area contributed by atoms with Crippen molar-refractivity contribution in [3.05, 3.63) is 29.8 Å². The predicted octanol–water partition coefficient (Wildman–Crippen LogP) is 3.99. The monoisotopic (exact) mass is 327 g/mol. The first kappa shape index (κ1) is 17.5. The molecule has 1 saturated heterocycles. The molecule has 2 rings (SSSR count). The van der Waals surface area contributed by atoms with Crippen LogP contribution in [0.2, 0.25) is 0 Å². The molecule has 128 valence electrons. The molecule has 1 fully saturated rings. The summed E-state index contributed by atoms with van der Waals surface area (Å²) in [6.07, 6.45) is 1.36. The number of piperidine rings is 1. The lowest BCUT2D eigenvalue weighted by atomic mass is 9.99. The molecule has 1 amide bonds. The fourth-order valence-corrected chi connectivity index (χ4v) is 2.50. The Balaban J connectivity index is 1.89. The van der Waals surface area contributed by atoms with E-state index in [1.165, 1.54) is 12.1 Å². The molecule has 0 saturated carbocycles. The molecule has 1 aliphatic rings. The molecule has 23 heavy (non-hydrogen) atoms. The summed E-state index contributed by atoms with van der Waals surface area (Å²) in [7, 11) is 0. The molecule has 0 aliphatic carbocycles. The number of hydrogen-bond donors (Lipinski definition) is 0. The second kappa shape index (κ2) is 7.15. The van der Waals surface area contributed by atoms with Crippen LogP contribution in [0, 0.1) is 17.6 Å². The minimum atomic E-state index is -0.979. The molecule has 0 N–H and O–H groups in total. The summed E-state index contributed by atoms with van der Waals surface area (Å²) in [5.74, 6) is -1.94. The number of carbonyl (C=O) groups excluding carboxylic acids is 1. The van der Waals surface area contributed by atoms with Crippen molar-refractivity contribution in [2.24, 2.45) is 5.92 Å². The van der Waals surface area contributed by atoms with E-state index in [2.05, 4.69) is 0 Å². The van der Waals surface area contributed by atoms with Crippen molar-refractivity contribution in [1.29, 1.82) is 0 Å². The van der Waals surface area contributed by atoms with Crippen LogP contribution in [0.5, 0.6) is 5.75 Å². The predicted molar refractivity (Wildman–Crippen MR) is 82.4 cm³/mol. The highest BCUT2D eigenvalue weighted by molar-refractivity contribution is 5.68. The lowest BCUT2D eigenvalue weighted by Crippen LogP contribution is -2.44. The van der Waals surface area contributed by atoms with E-state index >= 15 is 0 Å². The lowest BCUT2D eigenvalue weighted by Gasteiger charge is -2.34. The fourth-order valence-electron chi connectivity index (χ4n) is 2.50. The van der Waals surface area contributed by atoms with E-state index in [4.69, 9.17) is 9.47 Å². The molecule has 1 atom stereocenters. The molecular formula is C17H23F2NO3. The molecule has 0 unspecified atom stereocenters. The Labute approximate surface area is 135 Å². The molecule has 6 heteroatoms. The van der Waals surface area contributed by atoms with Crippen molar-refractivity contribution in [3.8, 4) is 5.75 Å². The van der Waals surface area contributed by atoms with Crippen molar-refractivity contribution in [1.82, 2.24) is 4.90 Å². The van der Waals surface area contributed by atoms with Crippen molar-refractivity contribution >= 4 is 6.09 Å². The summed E-state index contributed by atoms with van der Waals surface area (Å²) >= 11 is 0. The van der Waals surface area contributed by atoms with E-state index in [0.29, 0.717) is 13.1 Å². The smallest absolute Gasteiger partial charge is 0.410 e. The van der Waals surface area contributed by atoms with E-state index < -0.39 is 17.2 Å². The van der Waals surface area contributed by atoms with Crippen molar-refractivity contribution < 1.29 is 23.0 Å². The first-order valence-corrected chi connectivity index (χ1v) is 7.81. The maximum atomic E-state index is 13.6. The van der Waals surface area contributed by atoms with Gasteiger partial charge in [0.25, 0.3) is 0 Å². The third-order valence-electron chi connectivity index (χ3n) is 3.56. The quantitative estimate of drug-likeness (QED) is 0.842. The van der Waals surface area contributed by atoms with Gasteiger partial charge in [0.05, 0.1) is 6.61 Å². The minimum Gasteiger partial charge on any atom is -0.490 e. The summed E-state index contributed by atoms with van der Waals surface area (Å²) in [6.45, 7) is 6.83. The normalized spacial score (nSPS) is 18.7. The number of hydrogen-bond acceptors (Lipinski definition) is 3. The Hall–Kier alpha value is -1.85. The van der Waals surface area contributed by atoms with Crippen LogP contribution in [0.4, 0.5) is 13.6 Å². The molecule has 1 aromatic rings. The van der Waals surface area contributed by atoms with E-state index in [9.17, 15) is 13.6 Å². The maximum absolute atomic E-state index is 13.6. The molecular weight excluding hydrogens is 304 g/mol. The highest BCUT2D eigenvalue weighted by atomic mass is 19.2. The molecule has 0 bridgehead atoms. The standard InChI is InChI=1S/C17H23F2NO3/c1-17(2,3)23-16(21)20-9-5-6-12(10-20)11-22-14-8-4-7-13(18)15(14)19/h4,7-8,12H,5-6,9-11H2,1-3H3/t12-/m0/s1. The third kappa shape index (κ3) is 5.08. The van der Waals surface area contributed by atoms with E-state index in [0.717, 1.165) is 18.9 Å². The SMILES string of the molecule is CC(C)(C)OC(=O)N1CCC[C@H](COc2cccc(F)c2F)C1. The minimum absolute atomic E-state index is 0.0685. The molecule has 4 nitrogen and oxygen atoms in total. The van der Waals surface area contributed by atoms with Gasteiger partial charge in [-0.15, -0.1) is 0 Å². The molecule has 0 spiro atoms. The van der Waals surface area contributed by atoms with Crippen LogP contribution in [0.1, 0.15) is 33.6 Å². The van der Waals surface area contributed by atoms with Gasteiger partial charge in [-0.25, -0.2) is 9.18 Å². The van der Waals surface area contributed by atoms with Crippen LogP contribution < -0.4 is 4.74 Å². The molecule has 1 aliphatic heterocycles. The van der Waals surface area contributed by atoms with Gasteiger partial charge < -0.3 is 14.4 Å². The zero-order valence-corrected chi connectivity index (χ0v) is 13.8. The molecule has 1 aromatic carbocycles. The highest BCUT2D eigenvalue weighted by Crippen LogP contribution is 2.23. The van der Waals surface area contributed by atoms with E-state index in [1.807, 2.05) is 20.8 Å². The Bertz CT molecular complexity index is 557. The van der Waals surface area contributed by atoms with Gasteiger partial charge in [0.2, 0.25) is 5.82 Å². The average Bonchev–Trinajstić information content (AvgIpc) is 2.47. The first-order chi connectivity index (χ1) is 10.8. The van der Waals surface area contributed by atoms with Crippen molar-refractivity contribution in [2.45, 2.75) is 39.2 Å². The molecule has 0 radical (unpaired) electrons. The second-order valence-corrected chi connectivity index (χ2v) is 6.80. The zero-order chi connectivity index (χ0) is 17.0. The van der Waals surface area contributed by atoms with Gasteiger partial charge in [0.15, 0.2) is 11.6 Å². The Morgan fingerprint density at radius 1 is 1.35 bits per heavy atom. The van der Waals surface area contributed by atoms with E-state index in [-0.39, 0.29) is 24.4 Å². The van der Waals surface area contributed by atoms with Crippen LogP contribution in [0.25, 0.3) is 0 Å². The van der Waals surface area contributed by atoms with Crippen LogP contribution in [0.3, 0.4) is 0 Å². The fraction of sp³-hybridized carbons (Fsp3) is 0.588. The van der Waals surface area contributed by atoms with Crippen LogP contribution in [-0.2, 0) is 4.74 Å². The number of rotatable bonds is 3. The molecule has 0 aromatic heterocycles. The van der Waals surface area contributed by atoms with E-state index in [1.54, 1.807) is 4.90 Å². The van der Waals surface area contributed by atoms with Gasteiger partial charge in [-0.2, -0.15) is 4.39 Å². The summed E-state index contributed by atoms with van der Waals surface area (Å²) in [4.78, 5) is 13.7. The van der Waals surface area contributed by atoms with Gasteiger partial charge in [0.1, 0.15) is 5.60 Å². The summed E-state index contributed by atoms with van der Waals surface area (Å²) in [5, 5.41) is 0. The van der Waals surface area contributed by atoms with Gasteiger partial charge in [-0.05, 0) is 45.7 Å². The van der Waals surface area contributed by atoms with Crippen LogP contribution in [0.15, 0.2) is 18.2 Å².